The molecule has 186 valence electrons. The molecule has 5 aliphatic rings. The number of nitrogens with one attached hydrogen (secondary N) is 3. The predicted molar refractivity (Wildman–Crippen MR) is 139 cm³/mol. The maximum atomic E-state index is 13.3. The number of fused-ring (bicyclic) bond motifs is 1. The molecule has 0 aromatic carbocycles. The van der Waals surface area contributed by atoms with Crippen LogP contribution in [0.25, 0.3) is 0 Å². The summed E-state index contributed by atoms with van der Waals surface area (Å²) < 4.78 is 0. The Morgan fingerprint density at radius 3 is 2.71 bits per heavy atom. The summed E-state index contributed by atoms with van der Waals surface area (Å²) in [7, 11) is 0. The molecule has 2 heterocycles. The zero-order valence-corrected chi connectivity index (χ0v) is 21.8. The Hall–Kier alpha value is -2.12. The first kappa shape index (κ1) is 23.3. The number of carbonyl (C=O) groups is 2. The third kappa shape index (κ3) is 4.57. The van der Waals surface area contributed by atoms with Crippen LogP contribution in [0, 0.1) is 30.6 Å². The molecule has 0 spiro atoms. The minimum absolute atomic E-state index is 0.00539. The third-order valence-electron chi connectivity index (χ3n) is 8.78. The highest BCUT2D eigenvalue weighted by Gasteiger charge is 2.58. The van der Waals surface area contributed by atoms with Gasteiger partial charge < -0.3 is 16.0 Å². The molecule has 0 saturated heterocycles. The van der Waals surface area contributed by atoms with Crippen LogP contribution in [0.1, 0.15) is 78.2 Å². The number of nitrogens with zero attached hydrogens (tertiary/aromatic N) is 1. The number of anilines is 1. The van der Waals surface area contributed by atoms with Gasteiger partial charge in [-0.1, -0.05) is 11.6 Å². The van der Waals surface area contributed by atoms with Crippen LogP contribution < -0.4 is 16.0 Å². The smallest absolute Gasteiger partial charge is 0.262 e. The number of aromatic nitrogens is 1. The van der Waals surface area contributed by atoms with E-state index in [9.17, 15) is 9.59 Å². The average Bonchev–Trinajstić information content (AvgIpc) is 3.19. The van der Waals surface area contributed by atoms with Crippen molar-refractivity contribution in [2.45, 2.75) is 76.4 Å². The van der Waals surface area contributed by atoms with Crippen molar-refractivity contribution >= 4 is 40.4 Å². The molecule has 35 heavy (non-hydrogen) atoms. The third-order valence-corrected chi connectivity index (χ3v) is 10.3. The highest BCUT2D eigenvalue weighted by atomic mass is 35.5. The van der Waals surface area contributed by atoms with Crippen LogP contribution in [0.3, 0.4) is 0 Å². The largest absolute Gasteiger partial charge is 0.376 e. The number of rotatable bonds is 9. The second kappa shape index (κ2) is 8.77. The maximum Gasteiger partial charge on any atom is 0.262 e. The van der Waals surface area contributed by atoms with E-state index in [1.165, 1.54) is 30.6 Å². The molecule has 0 aliphatic heterocycles. The van der Waals surface area contributed by atoms with Gasteiger partial charge in [-0.3, -0.25) is 14.6 Å². The number of pyridine rings is 1. The first-order valence-corrected chi connectivity index (χ1v) is 14.1. The van der Waals surface area contributed by atoms with E-state index >= 15 is 0 Å². The molecular formula is C27H33ClN4O2S. The van der Waals surface area contributed by atoms with Crippen molar-refractivity contribution in [2.75, 3.05) is 5.32 Å². The zero-order valence-electron chi connectivity index (χ0n) is 20.3. The quantitative estimate of drug-likeness (QED) is 0.415. The van der Waals surface area contributed by atoms with Crippen LogP contribution in [0.2, 0.25) is 5.02 Å². The molecule has 5 saturated carbocycles. The first-order chi connectivity index (χ1) is 16.8. The van der Waals surface area contributed by atoms with Gasteiger partial charge in [0.1, 0.15) is 6.04 Å². The van der Waals surface area contributed by atoms with E-state index in [0.717, 1.165) is 59.7 Å². The fourth-order valence-electron chi connectivity index (χ4n) is 6.52. The fraction of sp³-hybridized carbons (Fsp3) is 0.593. The summed E-state index contributed by atoms with van der Waals surface area (Å²) in [6.45, 7) is 3.99. The van der Waals surface area contributed by atoms with Crippen LogP contribution in [0.5, 0.6) is 0 Å². The van der Waals surface area contributed by atoms with E-state index < -0.39 is 6.04 Å². The molecule has 8 heteroatoms. The number of hydrogen-bond acceptors (Lipinski definition) is 5. The Labute approximate surface area is 215 Å². The average molecular weight is 513 g/mol. The number of halogens is 1. The lowest BCUT2D eigenvalue weighted by Gasteiger charge is -2.62. The lowest BCUT2D eigenvalue weighted by atomic mass is 9.50. The van der Waals surface area contributed by atoms with Crippen molar-refractivity contribution in [3.8, 4) is 0 Å². The van der Waals surface area contributed by atoms with E-state index in [4.69, 9.17) is 11.6 Å². The Morgan fingerprint density at radius 1 is 1.26 bits per heavy atom. The molecular weight excluding hydrogens is 480 g/mol. The van der Waals surface area contributed by atoms with Crippen LogP contribution >= 0.6 is 22.9 Å². The standard InChI is InChI=1S/C27H33ClN4O2S/c1-14-21(9-19(28)13-29-14)30-15(2)23-5-6-24(35-23)26(34)31-22(8-18-4-3-17-7-20(17)18)25(33)32-27-10-16(11-27)12-27/h5-6,9,13,15-18,20,22,30H,3-4,7-8,10-12H2,1-2H3,(H,31,34)(H,32,33)/t15-,16?,17?,18+,20?,22-,27?/m0/s1. The lowest BCUT2D eigenvalue weighted by Crippen LogP contribution is -2.70. The number of carbonyl (C=O) groups excluding carboxylic acids is 2. The van der Waals surface area contributed by atoms with Gasteiger partial charge in [-0.05, 0) is 101 Å². The Morgan fingerprint density at radius 2 is 2.06 bits per heavy atom. The number of thiophene rings is 1. The summed E-state index contributed by atoms with van der Waals surface area (Å²) in [5.41, 5.74) is 1.77. The van der Waals surface area contributed by atoms with Crippen molar-refractivity contribution in [1.82, 2.24) is 15.6 Å². The summed E-state index contributed by atoms with van der Waals surface area (Å²) in [5.74, 6) is 2.85. The monoisotopic (exact) mass is 512 g/mol. The van der Waals surface area contributed by atoms with Gasteiger partial charge in [-0.25, -0.2) is 0 Å². The fourth-order valence-corrected chi connectivity index (χ4v) is 7.60. The van der Waals surface area contributed by atoms with Crippen LogP contribution in [-0.4, -0.2) is 28.4 Å². The molecule has 2 bridgehead atoms. The maximum absolute atomic E-state index is 13.3. The summed E-state index contributed by atoms with van der Waals surface area (Å²) in [6, 6.07) is 5.24. The van der Waals surface area contributed by atoms with Crippen LogP contribution in [-0.2, 0) is 4.79 Å². The minimum atomic E-state index is -0.456. The topological polar surface area (TPSA) is 83.1 Å². The van der Waals surface area contributed by atoms with Crippen LogP contribution in [0.15, 0.2) is 24.4 Å². The molecule has 2 unspecified atom stereocenters. The molecule has 0 radical (unpaired) electrons. The van der Waals surface area contributed by atoms with Gasteiger partial charge in [0.25, 0.3) is 5.91 Å². The van der Waals surface area contributed by atoms with Crippen molar-refractivity contribution < 1.29 is 9.59 Å². The highest BCUT2D eigenvalue weighted by molar-refractivity contribution is 7.14. The first-order valence-electron chi connectivity index (χ1n) is 12.9. The molecule has 3 N–H and O–H groups in total. The van der Waals surface area contributed by atoms with Crippen molar-refractivity contribution in [2.24, 2.45) is 23.7 Å². The molecule has 2 aromatic rings. The number of hydrogen-bond donors (Lipinski definition) is 3. The Kier molecular flexibility index (Phi) is 5.83. The summed E-state index contributed by atoms with van der Waals surface area (Å²) in [4.78, 5) is 32.5. The Balaban J connectivity index is 1.12. The van der Waals surface area contributed by atoms with Gasteiger partial charge in [0.15, 0.2) is 0 Å². The van der Waals surface area contributed by atoms with E-state index in [-0.39, 0.29) is 23.4 Å². The van der Waals surface area contributed by atoms with Gasteiger partial charge >= 0.3 is 0 Å². The van der Waals surface area contributed by atoms with Gasteiger partial charge in [0.2, 0.25) is 5.91 Å². The normalized spacial score (nSPS) is 31.4. The second-order valence-electron chi connectivity index (χ2n) is 11.4. The molecule has 2 aromatic heterocycles. The zero-order chi connectivity index (χ0) is 24.3. The van der Waals surface area contributed by atoms with E-state index in [1.54, 1.807) is 6.20 Å². The van der Waals surface area contributed by atoms with Gasteiger partial charge in [0.05, 0.1) is 27.3 Å². The number of amides is 2. The predicted octanol–water partition coefficient (Wildman–Crippen LogP) is 5.48. The van der Waals surface area contributed by atoms with Gasteiger partial charge in [-0.15, -0.1) is 11.3 Å². The molecule has 5 aliphatic carbocycles. The molecule has 6 nitrogen and oxygen atoms in total. The van der Waals surface area contributed by atoms with Crippen molar-refractivity contribution in [3.63, 3.8) is 0 Å². The summed E-state index contributed by atoms with van der Waals surface area (Å²) in [5, 5.41) is 10.4. The SMILES string of the molecule is Cc1ncc(Cl)cc1N[C@@H](C)c1ccc(C(=O)N[C@@H](C[C@H]2CCC3CC32)C(=O)NC23CC(C2)C3)s1. The van der Waals surface area contributed by atoms with Crippen LogP contribution in [0.4, 0.5) is 5.69 Å². The summed E-state index contributed by atoms with van der Waals surface area (Å²) in [6.07, 6.45) is 9.48. The van der Waals surface area contributed by atoms with E-state index in [2.05, 4.69) is 27.9 Å². The Bertz CT molecular complexity index is 1150. The van der Waals surface area contributed by atoms with Crippen molar-refractivity contribution in [1.29, 1.82) is 0 Å². The molecule has 7 rings (SSSR count). The van der Waals surface area contributed by atoms with E-state index in [1.807, 2.05) is 25.1 Å². The molecule has 2 amide bonds. The van der Waals surface area contributed by atoms with Crippen molar-refractivity contribution in [3.05, 3.63) is 44.9 Å². The minimum Gasteiger partial charge on any atom is -0.376 e. The number of aryl methyl sites for hydroxylation is 1. The summed E-state index contributed by atoms with van der Waals surface area (Å²) >= 11 is 7.57. The van der Waals surface area contributed by atoms with E-state index in [0.29, 0.717) is 15.8 Å². The molecule has 5 atom stereocenters. The van der Waals surface area contributed by atoms with Gasteiger partial charge in [-0.2, -0.15) is 0 Å². The van der Waals surface area contributed by atoms with Gasteiger partial charge in [0, 0.05) is 16.6 Å². The molecule has 5 fully saturated rings. The highest BCUT2D eigenvalue weighted by Crippen LogP contribution is 2.58. The second-order valence-corrected chi connectivity index (χ2v) is 12.9. The lowest BCUT2D eigenvalue weighted by molar-refractivity contribution is -0.135.